The SMILES string of the molecule is O=C1CCC2=C1C(O)OC1=C2[C@@]2(Cc3ccc(cc3)Oc3cc(cc(O)c3O)CCOC2=O)OC1=O. The molecule has 184 valence electrons. The number of esters is 2. The Morgan fingerprint density at radius 2 is 1.72 bits per heavy atom. The minimum absolute atomic E-state index is 0.0227. The van der Waals surface area contributed by atoms with Crippen LogP contribution in [0.1, 0.15) is 24.0 Å². The molecule has 10 heteroatoms. The van der Waals surface area contributed by atoms with Gasteiger partial charge in [0, 0.05) is 19.3 Å². The number of ketones is 1. The number of benzene rings is 2. The molecule has 4 heterocycles. The summed E-state index contributed by atoms with van der Waals surface area (Å²) in [6, 6.07) is 9.34. The van der Waals surface area contributed by atoms with E-state index in [9.17, 15) is 29.7 Å². The number of ether oxygens (including phenoxy) is 4. The third-order valence-corrected chi connectivity index (χ3v) is 6.76. The lowest BCUT2D eigenvalue weighted by atomic mass is 9.81. The van der Waals surface area contributed by atoms with Crippen molar-refractivity contribution in [2.24, 2.45) is 0 Å². The number of hydrogen-bond acceptors (Lipinski definition) is 10. The number of hydrogen-bond donors (Lipinski definition) is 3. The number of rotatable bonds is 0. The molecule has 0 saturated carbocycles. The maximum atomic E-state index is 13.6. The van der Waals surface area contributed by atoms with E-state index in [0.29, 0.717) is 22.4 Å². The van der Waals surface area contributed by atoms with Crippen LogP contribution in [0.5, 0.6) is 23.0 Å². The Morgan fingerprint density at radius 3 is 2.50 bits per heavy atom. The Labute approximate surface area is 204 Å². The summed E-state index contributed by atoms with van der Waals surface area (Å²) < 4.78 is 22.4. The van der Waals surface area contributed by atoms with Crippen LogP contribution in [0.2, 0.25) is 0 Å². The van der Waals surface area contributed by atoms with Gasteiger partial charge in [-0.2, -0.15) is 0 Å². The summed E-state index contributed by atoms with van der Waals surface area (Å²) in [5.41, 5.74) is -0.321. The molecule has 2 atom stereocenters. The van der Waals surface area contributed by atoms with Gasteiger partial charge in [0.1, 0.15) is 5.75 Å². The van der Waals surface area contributed by atoms with Crippen LogP contribution >= 0.6 is 0 Å². The minimum atomic E-state index is -1.92. The van der Waals surface area contributed by atoms with E-state index in [0.717, 1.165) is 0 Å². The van der Waals surface area contributed by atoms with Gasteiger partial charge in [0.2, 0.25) is 23.4 Å². The zero-order chi connectivity index (χ0) is 25.2. The number of Topliss-reactive ketones (excluding diaryl/α,β-unsaturated/α-hetero) is 1. The summed E-state index contributed by atoms with van der Waals surface area (Å²) in [5.74, 6) is -2.82. The van der Waals surface area contributed by atoms with E-state index >= 15 is 0 Å². The zero-order valence-corrected chi connectivity index (χ0v) is 18.8. The van der Waals surface area contributed by atoms with Crippen molar-refractivity contribution in [1.29, 1.82) is 0 Å². The fraction of sp³-hybridized carbons (Fsp3) is 0.269. The average Bonchev–Trinajstić information content (AvgIpc) is 3.36. The lowest BCUT2D eigenvalue weighted by molar-refractivity contribution is -0.173. The molecule has 2 aromatic carbocycles. The number of aliphatic hydroxyl groups is 1. The summed E-state index contributed by atoms with van der Waals surface area (Å²) in [6.07, 6.45) is -1.23. The van der Waals surface area contributed by atoms with Crippen LogP contribution in [0.3, 0.4) is 0 Å². The van der Waals surface area contributed by atoms with Gasteiger partial charge in [-0.15, -0.1) is 0 Å². The van der Waals surface area contributed by atoms with Gasteiger partial charge in [-0.05, 0) is 47.4 Å². The standard InChI is InChI=1S/C26H20O10/c27-16-6-5-15-19(16)23(30)35-22-20(15)26(36-24(22)31)11-12-1-3-14(4-2-12)34-18-10-13(7-8-33-25(26)32)9-17(28)21(18)29/h1-4,9-10,23,28-30H,5-8,11H2/t23?,26-/m1/s1. The third-order valence-electron chi connectivity index (χ3n) is 6.76. The van der Waals surface area contributed by atoms with Crippen molar-refractivity contribution in [2.75, 3.05) is 6.61 Å². The van der Waals surface area contributed by atoms with Crippen molar-refractivity contribution < 1.29 is 48.7 Å². The Bertz CT molecular complexity index is 1400. The fourth-order valence-electron chi connectivity index (χ4n) is 5.10. The smallest absolute Gasteiger partial charge is 0.375 e. The van der Waals surface area contributed by atoms with Crippen LogP contribution in [0, 0.1) is 0 Å². The third kappa shape index (κ3) is 3.25. The van der Waals surface area contributed by atoms with Crippen LogP contribution in [0.4, 0.5) is 0 Å². The number of aromatic hydroxyl groups is 2. The zero-order valence-electron chi connectivity index (χ0n) is 18.8. The van der Waals surface area contributed by atoms with Crippen LogP contribution in [-0.4, -0.2) is 51.5 Å². The van der Waals surface area contributed by atoms with E-state index in [4.69, 9.17) is 18.9 Å². The van der Waals surface area contributed by atoms with E-state index in [1.807, 2.05) is 0 Å². The first-order valence-electron chi connectivity index (χ1n) is 11.3. The largest absolute Gasteiger partial charge is 0.504 e. The van der Waals surface area contributed by atoms with Gasteiger partial charge in [-0.3, -0.25) is 4.79 Å². The molecule has 2 aromatic rings. The minimum Gasteiger partial charge on any atom is -0.504 e. The number of aliphatic hydroxyl groups excluding tert-OH is 1. The number of phenols is 2. The molecule has 36 heavy (non-hydrogen) atoms. The molecule has 1 spiro atoms. The van der Waals surface area contributed by atoms with Crippen LogP contribution in [-0.2, 0) is 41.4 Å². The molecule has 5 aliphatic rings. The Balaban J connectivity index is 1.47. The molecule has 1 aliphatic carbocycles. The molecule has 0 aromatic heterocycles. The highest BCUT2D eigenvalue weighted by molar-refractivity contribution is 6.06. The van der Waals surface area contributed by atoms with Gasteiger partial charge in [0.15, 0.2) is 17.3 Å². The van der Waals surface area contributed by atoms with Crippen molar-refractivity contribution in [3.05, 3.63) is 70.0 Å². The predicted molar refractivity (Wildman–Crippen MR) is 119 cm³/mol. The van der Waals surface area contributed by atoms with Crippen molar-refractivity contribution in [1.82, 2.24) is 0 Å². The molecular formula is C26H20O10. The highest BCUT2D eigenvalue weighted by Gasteiger charge is 2.60. The highest BCUT2D eigenvalue weighted by Crippen LogP contribution is 2.49. The summed E-state index contributed by atoms with van der Waals surface area (Å²) >= 11 is 0. The normalized spacial score (nSPS) is 25.1. The second kappa shape index (κ2) is 7.85. The molecule has 1 unspecified atom stereocenters. The van der Waals surface area contributed by atoms with Crippen LogP contribution in [0.15, 0.2) is 58.9 Å². The van der Waals surface area contributed by atoms with E-state index < -0.39 is 35.3 Å². The highest BCUT2D eigenvalue weighted by atomic mass is 16.7. The molecule has 0 radical (unpaired) electrons. The number of carbonyl (C=O) groups is 3. The first-order valence-corrected chi connectivity index (χ1v) is 11.3. The summed E-state index contributed by atoms with van der Waals surface area (Å²) in [6.45, 7) is -0.143. The van der Waals surface area contributed by atoms with E-state index in [2.05, 4.69) is 0 Å². The van der Waals surface area contributed by atoms with Gasteiger partial charge in [0.05, 0.1) is 17.8 Å². The van der Waals surface area contributed by atoms with Crippen LogP contribution in [0.25, 0.3) is 0 Å². The molecule has 10 nitrogen and oxygen atoms in total. The van der Waals surface area contributed by atoms with E-state index in [1.165, 1.54) is 12.1 Å². The van der Waals surface area contributed by atoms with Gasteiger partial charge in [0.25, 0.3) is 0 Å². The van der Waals surface area contributed by atoms with Gasteiger partial charge in [-0.1, -0.05) is 12.1 Å². The molecule has 0 saturated heterocycles. The maximum Gasteiger partial charge on any atom is 0.375 e. The predicted octanol–water partition coefficient (Wildman–Crippen LogP) is 2.09. The van der Waals surface area contributed by atoms with Crippen molar-refractivity contribution >= 4 is 17.7 Å². The van der Waals surface area contributed by atoms with Crippen molar-refractivity contribution in [2.45, 2.75) is 37.6 Å². The quantitative estimate of drug-likeness (QED) is 0.369. The Kier molecular flexibility index (Phi) is 4.84. The van der Waals surface area contributed by atoms with Crippen molar-refractivity contribution in [3.8, 4) is 23.0 Å². The number of carbonyl (C=O) groups excluding carboxylic acids is 3. The fourth-order valence-corrected chi connectivity index (χ4v) is 5.10. The van der Waals surface area contributed by atoms with Gasteiger partial charge in [-0.25, -0.2) is 9.59 Å². The first-order chi connectivity index (χ1) is 17.3. The van der Waals surface area contributed by atoms with Gasteiger partial charge >= 0.3 is 11.9 Å². The Hall–Kier alpha value is -4.31. The molecule has 0 amide bonds. The molecule has 4 bridgehead atoms. The lowest BCUT2D eigenvalue weighted by Crippen LogP contribution is -2.46. The van der Waals surface area contributed by atoms with Crippen LogP contribution < -0.4 is 4.74 Å². The van der Waals surface area contributed by atoms with E-state index in [-0.39, 0.29) is 60.7 Å². The summed E-state index contributed by atoms with van der Waals surface area (Å²) in [7, 11) is 0. The number of phenolic OH excluding ortho intramolecular Hbond substituents is 2. The maximum absolute atomic E-state index is 13.6. The molecule has 7 rings (SSSR count). The second-order valence-corrected chi connectivity index (χ2v) is 8.98. The monoisotopic (exact) mass is 492 g/mol. The Morgan fingerprint density at radius 1 is 0.944 bits per heavy atom. The number of fused-ring (bicyclic) bond motifs is 6. The summed E-state index contributed by atoms with van der Waals surface area (Å²) in [4.78, 5) is 38.9. The van der Waals surface area contributed by atoms with Crippen molar-refractivity contribution in [3.63, 3.8) is 0 Å². The average molecular weight is 492 g/mol. The molecular weight excluding hydrogens is 472 g/mol. The topological polar surface area (TPSA) is 149 Å². The molecule has 0 fully saturated rings. The van der Waals surface area contributed by atoms with Gasteiger partial charge < -0.3 is 34.3 Å². The lowest BCUT2D eigenvalue weighted by Gasteiger charge is -2.31. The van der Waals surface area contributed by atoms with E-state index in [1.54, 1.807) is 24.3 Å². The molecule has 4 aliphatic heterocycles. The molecule has 3 N–H and O–H groups in total. The first kappa shape index (κ1) is 22.2. The summed E-state index contributed by atoms with van der Waals surface area (Å²) in [5, 5.41) is 30.6. The second-order valence-electron chi connectivity index (χ2n) is 8.98.